The lowest BCUT2D eigenvalue weighted by Crippen LogP contribution is -2.28. The monoisotopic (exact) mass is 393 g/mol. The van der Waals surface area contributed by atoms with E-state index in [4.69, 9.17) is 0 Å². The number of benzene rings is 1. The number of likely N-dealkylation sites (tertiary alicyclic amines) is 1. The third-order valence-electron chi connectivity index (χ3n) is 5.12. The van der Waals surface area contributed by atoms with Crippen LogP contribution in [0, 0.1) is 0 Å². The number of Topliss-reactive ketones (excluding diaryl/α,β-unsaturated/α-hetero) is 1. The molecular weight excluding hydrogens is 370 g/mol. The summed E-state index contributed by atoms with van der Waals surface area (Å²) in [5, 5.41) is 0.539. The fraction of sp³-hybridized carbons (Fsp3) is 0.333. The van der Waals surface area contributed by atoms with Crippen LogP contribution in [0.4, 0.5) is 0 Å². The second-order valence-corrected chi connectivity index (χ2v) is 7.43. The number of para-hydroxylation sites is 1. The van der Waals surface area contributed by atoms with E-state index in [0.29, 0.717) is 34.5 Å². The van der Waals surface area contributed by atoms with Crippen LogP contribution >= 0.6 is 0 Å². The number of rotatable bonds is 6. The van der Waals surface area contributed by atoms with Crippen LogP contribution in [0.5, 0.6) is 0 Å². The van der Waals surface area contributed by atoms with Crippen molar-refractivity contribution in [3.05, 3.63) is 64.0 Å². The third kappa shape index (κ3) is 4.12. The first-order valence-electron chi connectivity index (χ1n) is 9.68. The molecule has 0 unspecified atom stereocenters. The molecule has 3 heterocycles. The summed E-state index contributed by atoms with van der Waals surface area (Å²) >= 11 is 0. The standard InChI is InChI=1S/C21H23N5O3/c1-25(13-19-23-16-7-3-2-6-15(16)20(28)24-19)12-18(27)14-10-17(22-11-14)21(29)26-8-4-5-9-26/h2-3,6-7,10-11,22H,4-5,8-9,12-13H2,1H3,(H,23,24,28). The molecule has 0 bridgehead atoms. The molecule has 0 saturated carbocycles. The SMILES string of the molecule is CN(CC(=O)c1c[nH]c(C(=O)N2CCCC2)c1)Cc1nc2ccccc2c(=O)[nH]1. The molecule has 1 aromatic carbocycles. The molecule has 8 heteroatoms. The minimum absolute atomic E-state index is 0.0622. The summed E-state index contributed by atoms with van der Waals surface area (Å²) in [7, 11) is 1.79. The summed E-state index contributed by atoms with van der Waals surface area (Å²) in [6, 6.07) is 8.76. The lowest BCUT2D eigenvalue weighted by atomic mass is 10.2. The number of H-pyrrole nitrogens is 2. The topological polar surface area (TPSA) is 102 Å². The Bertz CT molecular complexity index is 1110. The van der Waals surface area contributed by atoms with Crippen LogP contribution in [0.25, 0.3) is 10.9 Å². The normalized spacial score (nSPS) is 14.1. The largest absolute Gasteiger partial charge is 0.356 e. The second-order valence-electron chi connectivity index (χ2n) is 7.43. The van der Waals surface area contributed by atoms with Gasteiger partial charge in [0, 0.05) is 24.8 Å². The zero-order chi connectivity index (χ0) is 20.4. The van der Waals surface area contributed by atoms with Gasteiger partial charge in [-0.3, -0.25) is 19.3 Å². The average Bonchev–Trinajstić information content (AvgIpc) is 3.40. The van der Waals surface area contributed by atoms with Crippen molar-refractivity contribution in [3.8, 4) is 0 Å². The molecule has 150 valence electrons. The summed E-state index contributed by atoms with van der Waals surface area (Å²) in [6.07, 6.45) is 3.62. The fourth-order valence-corrected chi connectivity index (χ4v) is 3.63. The Morgan fingerprint density at radius 1 is 1.21 bits per heavy atom. The van der Waals surface area contributed by atoms with E-state index in [1.807, 2.05) is 6.07 Å². The Labute approximate surface area is 167 Å². The minimum atomic E-state index is -0.193. The average molecular weight is 393 g/mol. The van der Waals surface area contributed by atoms with Crippen molar-refractivity contribution in [2.45, 2.75) is 19.4 Å². The predicted octanol–water partition coefficient (Wildman–Crippen LogP) is 1.80. The number of nitrogens with one attached hydrogen (secondary N) is 2. The highest BCUT2D eigenvalue weighted by molar-refractivity contribution is 6.01. The van der Waals surface area contributed by atoms with E-state index in [1.165, 1.54) is 0 Å². The van der Waals surface area contributed by atoms with Gasteiger partial charge in [0.1, 0.15) is 11.5 Å². The van der Waals surface area contributed by atoms with Crippen molar-refractivity contribution >= 4 is 22.6 Å². The lowest BCUT2D eigenvalue weighted by Gasteiger charge is -2.15. The number of aromatic amines is 2. The van der Waals surface area contributed by atoms with Crippen LogP contribution in [0.1, 0.15) is 39.5 Å². The van der Waals surface area contributed by atoms with E-state index in [0.717, 1.165) is 25.9 Å². The first-order valence-corrected chi connectivity index (χ1v) is 9.68. The van der Waals surface area contributed by atoms with Crippen molar-refractivity contribution in [2.75, 3.05) is 26.7 Å². The van der Waals surface area contributed by atoms with Gasteiger partial charge in [0.2, 0.25) is 0 Å². The number of hydrogen-bond acceptors (Lipinski definition) is 5. The maximum atomic E-state index is 12.6. The molecule has 0 radical (unpaired) electrons. The molecule has 1 amide bonds. The molecule has 1 aliphatic heterocycles. The molecule has 29 heavy (non-hydrogen) atoms. The van der Waals surface area contributed by atoms with Gasteiger partial charge in [-0.1, -0.05) is 12.1 Å². The Kier molecular flexibility index (Phi) is 5.26. The summed E-state index contributed by atoms with van der Waals surface area (Å²) in [4.78, 5) is 50.9. The Morgan fingerprint density at radius 3 is 2.76 bits per heavy atom. The number of nitrogens with zero attached hydrogens (tertiary/aromatic N) is 3. The van der Waals surface area contributed by atoms with E-state index < -0.39 is 0 Å². The molecular formula is C21H23N5O3. The highest BCUT2D eigenvalue weighted by Gasteiger charge is 2.22. The summed E-state index contributed by atoms with van der Waals surface area (Å²) in [6.45, 7) is 2.00. The first kappa shape index (κ1) is 19.1. The van der Waals surface area contributed by atoms with Gasteiger partial charge in [-0.15, -0.1) is 0 Å². The number of aromatic nitrogens is 3. The van der Waals surface area contributed by atoms with Crippen LogP contribution < -0.4 is 5.56 Å². The van der Waals surface area contributed by atoms with Gasteiger partial charge in [0.05, 0.1) is 24.0 Å². The van der Waals surface area contributed by atoms with E-state index in [9.17, 15) is 14.4 Å². The van der Waals surface area contributed by atoms with E-state index in [1.54, 1.807) is 47.3 Å². The zero-order valence-electron chi connectivity index (χ0n) is 16.3. The Hall–Kier alpha value is -3.26. The smallest absolute Gasteiger partial charge is 0.270 e. The summed E-state index contributed by atoms with van der Waals surface area (Å²) in [5.41, 5.74) is 1.35. The molecule has 4 rings (SSSR count). The fourth-order valence-electron chi connectivity index (χ4n) is 3.63. The van der Waals surface area contributed by atoms with Crippen molar-refractivity contribution in [2.24, 2.45) is 0 Å². The first-order chi connectivity index (χ1) is 14.0. The van der Waals surface area contributed by atoms with Crippen molar-refractivity contribution in [1.82, 2.24) is 24.8 Å². The van der Waals surface area contributed by atoms with Gasteiger partial charge in [0.15, 0.2) is 5.78 Å². The summed E-state index contributed by atoms with van der Waals surface area (Å²) < 4.78 is 0. The van der Waals surface area contributed by atoms with Crippen LogP contribution in [0.15, 0.2) is 41.3 Å². The van der Waals surface area contributed by atoms with Crippen LogP contribution in [-0.2, 0) is 6.54 Å². The number of hydrogen-bond donors (Lipinski definition) is 2. The molecule has 1 aliphatic rings. The predicted molar refractivity (Wildman–Crippen MR) is 109 cm³/mol. The maximum absolute atomic E-state index is 12.6. The van der Waals surface area contributed by atoms with Gasteiger partial charge >= 0.3 is 0 Å². The van der Waals surface area contributed by atoms with Crippen LogP contribution in [0.3, 0.4) is 0 Å². The van der Waals surface area contributed by atoms with Crippen LogP contribution in [-0.4, -0.2) is 63.1 Å². The molecule has 2 aromatic heterocycles. The quantitative estimate of drug-likeness (QED) is 0.622. The molecule has 0 atom stereocenters. The molecule has 2 N–H and O–H groups in total. The molecule has 0 aliphatic carbocycles. The van der Waals surface area contributed by atoms with E-state index >= 15 is 0 Å². The number of likely N-dealkylation sites (N-methyl/N-ethyl adjacent to an activating group) is 1. The number of ketones is 1. The minimum Gasteiger partial charge on any atom is -0.356 e. The third-order valence-corrected chi connectivity index (χ3v) is 5.12. The number of amides is 1. The second kappa shape index (κ2) is 8.00. The van der Waals surface area contributed by atoms with Crippen molar-refractivity contribution < 1.29 is 9.59 Å². The number of carbonyl (C=O) groups is 2. The van der Waals surface area contributed by atoms with E-state index in [2.05, 4.69) is 15.0 Å². The maximum Gasteiger partial charge on any atom is 0.270 e. The Morgan fingerprint density at radius 2 is 1.97 bits per heavy atom. The summed E-state index contributed by atoms with van der Waals surface area (Å²) in [5.74, 6) is 0.336. The molecule has 3 aromatic rings. The highest BCUT2D eigenvalue weighted by Crippen LogP contribution is 2.14. The van der Waals surface area contributed by atoms with Gasteiger partial charge < -0.3 is 14.9 Å². The van der Waals surface area contributed by atoms with Gasteiger partial charge in [0.25, 0.3) is 11.5 Å². The zero-order valence-corrected chi connectivity index (χ0v) is 16.3. The highest BCUT2D eigenvalue weighted by atomic mass is 16.2. The number of fused-ring (bicyclic) bond motifs is 1. The van der Waals surface area contributed by atoms with E-state index in [-0.39, 0.29) is 23.8 Å². The molecule has 1 saturated heterocycles. The van der Waals surface area contributed by atoms with Crippen LogP contribution in [0.2, 0.25) is 0 Å². The lowest BCUT2D eigenvalue weighted by molar-refractivity contribution is 0.0787. The van der Waals surface area contributed by atoms with Crippen molar-refractivity contribution in [1.29, 1.82) is 0 Å². The van der Waals surface area contributed by atoms with Gasteiger partial charge in [-0.2, -0.15) is 0 Å². The molecule has 0 spiro atoms. The van der Waals surface area contributed by atoms with Gasteiger partial charge in [-0.05, 0) is 38.1 Å². The number of carbonyl (C=O) groups excluding carboxylic acids is 2. The van der Waals surface area contributed by atoms with Crippen molar-refractivity contribution in [3.63, 3.8) is 0 Å². The van der Waals surface area contributed by atoms with Gasteiger partial charge in [-0.25, -0.2) is 4.98 Å². The molecule has 8 nitrogen and oxygen atoms in total. The molecule has 1 fully saturated rings. The Balaban J connectivity index is 1.41.